The van der Waals surface area contributed by atoms with E-state index in [1.54, 1.807) is 17.1 Å². The second kappa shape index (κ2) is 6.58. The van der Waals surface area contributed by atoms with Crippen molar-refractivity contribution in [2.75, 3.05) is 5.32 Å². The van der Waals surface area contributed by atoms with Crippen LogP contribution in [0.2, 0.25) is 0 Å². The maximum atomic E-state index is 12.8. The Balaban J connectivity index is 1.33. The molecule has 0 spiro atoms. The van der Waals surface area contributed by atoms with Crippen molar-refractivity contribution < 1.29 is 4.79 Å². The highest BCUT2D eigenvalue weighted by atomic mass is 16.2. The highest BCUT2D eigenvalue weighted by molar-refractivity contribution is 5.80. The zero-order valence-electron chi connectivity index (χ0n) is 16.2. The van der Waals surface area contributed by atoms with Crippen LogP contribution in [0.1, 0.15) is 37.8 Å². The molecule has 2 atom stereocenters. The lowest BCUT2D eigenvalue weighted by molar-refractivity contribution is 0.177. The lowest BCUT2D eigenvalue weighted by Crippen LogP contribution is -2.51. The minimum atomic E-state index is -0.639. The smallest absolute Gasteiger partial charge is 0.319 e. The molecule has 2 aromatic heterocycles. The Kier molecular flexibility index (Phi) is 4.01. The molecule has 2 unspecified atom stereocenters. The molecule has 1 saturated heterocycles. The van der Waals surface area contributed by atoms with Crippen LogP contribution in [0.4, 0.5) is 16.4 Å². The van der Waals surface area contributed by atoms with Gasteiger partial charge in [0.2, 0.25) is 5.95 Å². The fourth-order valence-electron chi connectivity index (χ4n) is 4.21. The van der Waals surface area contributed by atoms with Gasteiger partial charge >= 0.3 is 6.03 Å². The molecule has 2 bridgehead atoms. The monoisotopic (exact) mass is 390 g/mol. The van der Waals surface area contributed by atoms with E-state index in [0.717, 1.165) is 49.1 Å². The molecule has 3 aliphatic rings. The molecule has 4 heterocycles. The van der Waals surface area contributed by atoms with E-state index < -0.39 is 5.54 Å². The number of nitriles is 1. The van der Waals surface area contributed by atoms with Gasteiger partial charge in [-0.2, -0.15) is 10.4 Å². The normalized spacial score (nSPS) is 23.9. The number of carbonyl (C=O) groups is 1. The molecule has 148 valence electrons. The van der Waals surface area contributed by atoms with Crippen LogP contribution in [-0.2, 0) is 7.05 Å². The molecular weight excluding hydrogens is 368 g/mol. The number of amides is 2. The fourth-order valence-corrected chi connectivity index (χ4v) is 4.21. The molecule has 29 heavy (non-hydrogen) atoms. The van der Waals surface area contributed by atoms with E-state index in [1.165, 1.54) is 0 Å². The van der Waals surface area contributed by atoms with Crippen molar-refractivity contribution in [2.24, 2.45) is 7.05 Å². The molecule has 0 aromatic carbocycles. The average molecular weight is 390 g/mol. The number of carbonyl (C=O) groups excluding carboxylic acids is 1. The third-order valence-electron chi connectivity index (χ3n) is 5.89. The minimum absolute atomic E-state index is 0.0444. The largest absolute Gasteiger partial charge is 0.321 e. The summed E-state index contributed by atoms with van der Waals surface area (Å²) >= 11 is 0. The summed E-state index contributed by atoms with van der Waals surface area (Å²) in [4.78, 5) is 23.6. The number of anilines is 2. The number of hydrogen-bond donors (Lipinski definition) is 2. The van der Waals surface area contributed by atoms with Crippen molar-refractivity contribution >= 4 is 23.2 Å². The number of rotatable bonds is 4. The first-order valence-corrected chi connectivity index (χ1v) is 9.87. The summed E-state index contributed by atoms with van der Waals surface area (Å²) in [7, 11) is 1.86. The Morgan fingerprint density at radius 2 is 2.24 bits per heavy atom. The number of fused-ring (bicyclic) bond motifs is 2. The van der Waals surface area contributed by atoms with Crippen molar-refractivity contribution in [3.05, 3.63) is 36.4 Å². The van der Waals surface area contributed by atoms with E-state index >= 15 is 0 Å². The fraction of sp³-hybridized carbons (Fsp3) is 0.450. The molecule has 9 nitrogen and oxygen atoms in total. The molecular formula is C20H22N8O. The molecule has 1 saturated carbocycles. The van der Waals surface area contributed by atoms with Crippen LogP contribution >= 0.6 is 0 Å². The Hall–Kier alpha value is -3.41. The van der Waals surface area contributed by atoms with E-state index in [0.29, 0.717) is 5.95 Å². The van der Waals surface area contributed by atoms with Gasteiger partial charge in [0.15, 0.2) is 0 Å². The predicted octanol–water partition coefficient (Wildman–Crippen LogP) is 2.34. The lowest BCUT2D eigenvalue weighted by Gasteiger charge is -2.34. The molecule has 9 heteroatoms. The first-order valence-electron chi connectivity index (χ1n) is 9.87. The van der Waals surface area contributed by atoms with E-state index in [1.807, 2.05) is 24.2 Å². The minimum Gasteiger partial charge on any atom is -0.321 e. The summed E-state index contributed by atoms with van der Waals surface area (Å²) < 4.78 is 1.71. The molecule has 2 aromatic rings. The zero-order chi connectivity index (χ0) is 20.0. The van der Waals surface area contributed by atoms with Crippen LogP contribution in [0.15, 0.2) is 30.7 Å². The van der Waals surface area contributed by atoms with Crippen LogP contribution in [0.25, 0.3) is 5.57 Å². The van der Waals surface area contributed by atoms with Crippen LogP contribution in [0, 0.1) is 11.3 Å². The van der Waals surface area contributed by atoms with Gasteiger partial charge < -0.3 is 15.5 Å². The highest BCUT2D eigenvalue weighted by Gasteiger charge is 2.48. The summed E-state index contributed by atoms with van der Waals surface area (Å²) in [5.41, 5.74) is 2.20. The van der Waals surface area contributed by atoms with Gasteiger partial charge in [-0.15, -0.1) is 0 Å². The highest BCUT2D eigenvalue weighted by Crippen LogP contribution is 2.40. The van der Waals surface area contributed by atoms with Gasteiger partial charge in [-0.3, -0.25) is 4.68 Å². The molecule has 2 amide bonds. The van der Waals surface area contributed by atoms with Gasteiger partial charge in [-0.1, -0.05) is 6.08 Å². The first-order chi connectivity index (χ1) is 14.0. The van der Waals surface area contributed by atoms with Crippen molar-refractivity contribution in [1.29, 1.82) is 5.26 Å². The van der Waals surface area contributed by atoms with Crippen molar-refractivity contribution in [1.82, 2.24) is 30.0 Å². The Morgan fingerprint density at radius 3 is 2.93 bits per heavy atom. The van der Waals surface area contributed by atoms with Crippen molar-refractivity contribution in [2.45, 2.75) is 49.7 Å². The summed E-state index contributed by atoms with van der Waals surface area (Å²) in [6.07, 6.45) is 11.6. The van der Waals surface area contributed by atoms with Crippen LogP contribution < -0.4 is 10.6 Å². The second-order valence-corrected chi connectivity index (χ2v) is 8.02. The maximum absolute atomic E-state index is 12.8. The average Bonchev–Trinajstić information content (AvgIpc) is 3.29. The Morgan fingerprint density at radius 1 is 1.38 bits per heavy atom. The molecule has 5 rings (SSSR count). The third-order valence-corrected chi connectivity index (χ3v) is 5.89. The first kappa shape index (κ1) is 17.7. The maximum Gasteiger partial charge on any atom is 0.319 e. The van der Waals surface area contributed by atoms with Gasteiger partial charge in [0.25, 0.3) is 0 Å². The van der Waals surface area contributed by atoms with Crippen LogP contribution in [0.3, 0.4) is 0 Å². The van der Waals surface area contributed by atoms with E-state index in [-0.39, 0.29) is 18.1 Å². The standard InChI is InChI=1S/C20H22N8O/c1-27-11-14(10-23-27)24-18-22-7-4-17(25-18)13-8-15-2-3-16(9-13)28(15)19(29)26-20(12-21)5-6-20/h4,7-8,10-11,15-16H,2-3,5-6,9H2,1H3,(H,26,29)(H,22,24,25). The zero-order valence-corrected chi connectivity index (χ0v) is 16.2. The SMILES string of the molecule is Cn1cc(Nc2nccc(C3=CC4CCC(C3)N4C(=O)NC3(C#N)CC3)n2)cn1. The Bertz CT molecular complexity index is 1030. The van der Waals surface area contributed by atoms with Gasteiger partial charge in [0.05, 0.1) is 29.7 Å². The number of nitrogens with zero attached hydrogens (tertiary/aromatic N) is 6. The van der Waals surface area contributed by atoms with E-state index in [9.17, 15) is 10.1 Å². The Labute approximate surface area is 168 Å². The van der Waals surface area contributed by atoms with Gasteiger partial charge in [-0.05, 0) is 43.7 Å². The number of hydrogen-bond acceptors (Lipinski definition) is 6. The van der Waals surface area contributed by atoms with Crippen molar-refractivity contribution in [3.63, 3.8) is 0 Å². The summed E-state index contributed by atoms with van der Waals surface area (Å²) in [6.45, 7) is 0. The summed E-state index contributed by atoms with van der Waals surface area (Å²) in [6, 6.07) is 4.20. The molecule has 0 radical (unpaired) electrons. The molecule has 1 aliphatic carbocycles. The van der Waals surface area contributed by atoms with E-state index in [4.69, 9.17) is 0 Å². The quantitative estimate of drug-likeness (QED) is 0.829. The van der Waals surface area contributed by atoms with Gasteiger partial charge in [-0.25, -0.2) is 14.8 Å². The number of aromatic nitrogens is 4. The molecule has 2 N–H and O–H groups in total. The topological polar surface area (TPSA) is 112 Å². The number of urea groups is 1. The second-order valence-electron chi connectivity index (χ2n) is 8.02. The summed E-state index contributed by atoms with van der Waals surface area (Å²) in [5, 5.41) is 19.5. The molecule has 2 aliphatic heterocycles. The summed E-state index contributed by atoms with van der Waals surface area (Å²) in [5.74, 6) is 0.522. The predicted molar refractivity (Wildman–Crippen MR) is 106 cm³/mol. The van der Waals surface area contributed by atoms with Gasteiger partial charge in [0, 0.05) is 25.5 Å². The van der Waals surface area contributed by atoms with Crippen molar-refractivity contribution in [3.8, 4) is 6.07 Å². The van der Waals surface area contributed by atoms with Crippen LogP contribution in [0.5, 0.6) is 0 Å². The lowest BCUT2D eigenvalue weighted by atomic mass is 9.98. The van der Waals surface area contributed by atoms with Crippen LogP contribution in [-0.4, -0.2) is 48.3 Å². The molecule has 2 fully saturated rings. The number of nitrogens with one attached hydrogen (secondary N) is 2. The number of aryl methyl sites for hydroxylation is 1. The van der Waals surface area contributed by atoms with Gasteiger partial charge in [0.1, 0.15) is 5.54 Å². The third kappa shape index (κ3) is 3.31. The van der Waals surface area contributed by atoms with E-state index in [2.05, 4.69) is 37.8 Å².